The first kappa shape index (κ1) is 16.3. The van der Waals surface area contributed by atoms with Gasteiger partial charge in [0.1, 0.15) is 0 Å². The summed E-state index contributed by atoms with van der Waals surface area (Å²) >= 11 is 5.80. The van der Waals surface area contributed by atoms with Gasteiger partial charge < -0.3 is 5.32 Å². The van der Waals surface area contributed by atoms with Crippen LogP contribution < -0.4 is 5.32 Å². The standard InChI is InChI=1S/C14H19ClN2O3S/c1-2-21(19,20)17-9-3-4-11(10-17)14(18)16-13-7-5-12(15)6-8-13/h5-8,11H,2-4,9-10H2,1H3,(H,16,18)/t11-/m0/s1. The van der Waals surface area contributed by atoms with Crippen LogP contribution in [0.1, 0.15) is 19.8 Å². The van der Waals surface area contributed by atoms with Crippen LogP contribution >= 0.6 is 11.6 Å². The van der Waals surface area contributed by atoms with Gasteiger partial charge in [0.25, 0.3) is 0 Å². The maximum atomic E-state index is 12.2. The Kier molecular flexibility index (Phi) is 5.24. The fourth-order valence-corrected chi connectivity index (χ4v) is 3.67. The monoisotopic (exact) mass is 330 g/mol. The number of carbonyl (C=O) groups excluding carboxylic acids is 1. The number of nitrogens with one attached hydrogen (secondary N) is 1. The van der Waals surface area contributed by atoms with Crippen molar-refractivity contribution in [2.24, 2.45) is 5.92 Å². The van der Waals surface area contributed by atoms with Gasteiger partial charge in [0.05, 0.1) is 11.7 Å². The third-order valence-corrected chi connectivity index (χ3v) is 5.72. The Hall–Kier alpha value is -1.11. The average Bonchev–Trinajstić information content (AvgIpc) is 2.49. The van der Waals surface area contributed by atoms with E-state index in [1.54, 1.807) is 31.2 Å². The van der Waals surface area contributed by atoms with Crippen molar-refractivity contribution in [3.63, 3.8) is 0 Å². The van der Waals surface area contributed by atoms with Gasteiger partial charge in [-0.1, -0.05) is 11.6 Å². The molecule has 1 aromatic carbocycles. The maximum absolute atomic E-state index is 12.2. The molecule has 1 amide bonds. The number of sulfonamides is 1. The molecule has 1 aliphatic rings. The van der Waals surface area contributed by atoms with Crippen LogP contribution in [-0.4, -0.2) is 37.5 Å². The lowest BCUT2D eigenvalue weighted by Gasteiger charge is -2.30. The molecule has 0 spiro atoms. The Labute approximate surface area is 130 Å². The molecule has 1 aromatic rings. The highest BCUT2D eigenvalue weighted by molar-refractivity contribution is 7.89. The fourth-order valence-electron chi connectivity index (χ4n) is 2.37. The number of hydrogen-bond donors (Lipinski definition) is 1. The van der Waals surface area contributed by atoms with Gasteiger partial charge in [-0.25, -0.2) is 12.7 Å². The lowest BCUT2D eigenvalue weighted by molar-refractivity contribution is -0.120. The second kappa shape index (κ2) is 6.77. The molecule has 0 saturated carbocycles. The molecule has 7 heteroatoms. The first-order valence-electron chi connectivity index (χ1n) is 6.96. The molecule has 0 aromatic heterocycles. The highest BCUT2D eigenvalue weighted by atomic mass is 35.5. The van der Waals surface area contributed by atoms with Crippen LogP contribution in [0.25, 0.3) is 0 Å². The first-order valence-corrected chi connectivity index (χ1v) is 8.95. The third-order valence-electron chi connectivity index (χ3n) is 3.62. The number of piperidine rings is 1. The number of benzene rings is 1. The van der Waals surface area contributed by atoms with Gasteiger partial charge in [-0.3, -0.25) is 4.79 Å². The Morgan fingerprint density at radius 2 is 2.05 bits per heavy atom. The lowest BCUT2D eigenvalue weighted by atomic mass is 9.99. The normalized spacial score (nSPS) is 20.2. The highest BCUT2D eigenvalue weighted by Crippen LogP contribution is 2.21. The van der Waals surface area contributed by atoms with E-state index in [1.807, 2.05) is 0 Å². The number of amides is 1. The SMILES string of the molecule is CCS(=O)(=O)N1CCC[C@H](C(=O)Nc2ccc(Cl)cc2)C1. The van der Waals surface area contributed by atoms with E-state index in [-0.39, 0.29) is 24.1 Å². The average molecular weight is 331 g/mol. The van der Waals surface area contributed by atoms with E-state index in [4.69, 9.17) is 11.6 Å². The number of hydrogen-bond acceptors (Lipinski definition) is 3. The molecule has 0 bridgehead atoms. The van der Waals surface area contributed by atoms with Crippen molar-refractivity contribution in [2.45, 2.75) is 19.8 Å². The summed E-state index contributed by atoms with van der Waals surface area (Å²) in [4.78, 5) is 12.2. The van der Waals surface area contributed by atoms with Crippen molar-refractivity contribution >= 4 is 33.2 Å². The maximum Gasteiger partial charge on any atom is 0.228 e. The van der Waals surface area contributed by atoms with E-state index in [1.165, 1.54) is 4.31 Å². The van der Waals surface area contributed by atoms with Gasteiger partial charge in [-0.15, -0.1) is 0 Å². The minimum atomic E-state index is -3.23. The Balaban J connectivity index is 2.01. The van der Waals surface area contributed by atoms with Crippen molar-refractivity contribution < 1.29 is 13.2 Å². The number of anilines is 1. The predicted octanol–water partition coefficient (Wildman–Crippen LogP) is 2.34. The molecule has 116 valence electrons. The van der Waals surface area contributed by atoms with Crippen LogP contribution in [-0.2, 0) is 14.8 Å². The molecule has 0 radical (unpaired) electrons. The smallest absolute Gasteiger partial charge is 0.228 e. The van der Waals surface area contributed by atoms with Gasteiger partial charge in [0.15, 0.2) is 0 Å². The summed E-state index contributed by atoms with van der Waals surface area (Å²) in [5.74, 6) is -0.387. The molecule has 1 atom stereocenters. The van der Waals surface area contributed by atoms with Crippen LogP contribution in [0.5, 0.6) is 0 Å². The van der Waals surface area contributed by atoms with E-state index < -0.39 is 10.0 Å². The summed E-state index contributed by atoms with van der Waals surface area (Å²) in [6, 6.07) is 6.85. The fraction of sp³-hybridized carbons (Fsp3) is 0.500. The van der Waals surface area contributed by atoms with Crippen LogP contribution in [0.2, 0.25) is 5.02 Å². The molecule has 2 rings (SSSR count). The van der Waals surface area contributed by atoms with Gasteiger partial charge in [-0.05, 0) is 44.0 Å². The van der Waals surface area contributed by atoms with Gasteiger partial charge in [0.2, 0.25) is 15.9 Å². The largest absolute Gasteiger partial charge is 0.326 e. The quantitative estimate of drug-likeness (QED) is 0.921. The molecule has 5 nitrogen and oxygen atoms in total. The van der Waals surface area contributed by atoms with Crippen molar-refractivity contribution in [2.75, 3.05) is 24.2 Å². The molecule has 1 saturated heterocycles. The van der Waals surface area contributed by atoms with Gasteiger partial charge >= 0.3 is 0 Å². The number of rotatable bonds is 4. The van der Waals surface area contributed by atoms with Crippen LogP contribution in [0, 0.1) is 5.92 Å². The van der Waals surface area contributed by atoms with Crippen LogP contribution in [0.4, 0.5) is 5.69 Å². The first-order chi connectivity index (χ1) is 9.92. The van der Waals surface area contributed by atoms with Crippen molar-refractivity contribution in [3.8, 4) is 0 Å². The number of carbonyl (C=O) groups is 1. The third kappa shape index (κ3) is 4.18. The Bertz CT molecular complexity index is 601. The molecule has 1 N–H and O–H groups in total. The van der Waals surface area contributed by atoms with E-state index >= 15 is 0 Å². The van der Waals surface area contributed by atoms with Crippen molar-refractivity contribution in [1.82, 2.24) is 4.31 Å². The summed E-state index contributed by atoms with van der Waals surface area (Å²) in [5, 5.41) is 3.41. The van der Waals surface area contributed by atoms with E-state index in [0.29, 0.717) is 30.1 Å². The second-order valence-electron chi connectivity index (χ2n) is 5.09. The molecule has 21 heavy (non-hydrogen) atoms. The van der Waals surface area contributed by atoms with Crippen molar-refractivity contribution in [3.05, 3.63) is 29.3 Å². The molecular formula is C14H19ClN2O3S. The van der Waals surface area contributed by atoms with Gasteiger partial charge in [0, 0.05) is 23.8 Å². The topological polar surface area (TPSA) is 66.5 Å². The van der Waals surface area contributed by atoms with Crippen LogP contribution in [0.15, 0.2) is 24.3 Å². The molecule has 1 fully saturated rings. The minimum absolute atomic E-state index is 0.0680. The zero-order valence-corrected chi connectivity index (χ0v) is 13.5. The minimum Gasteiger partial charge on any atom is -0.326 e. The zero-order valence-electron chi connectivity index (χ0n) is 11.9. The summed E-state index contributed by atoms with van der Waals surface area (Å²) < 4.78 is 25.2. The van der Waals surface area contributed by atoms with Gasteiger partial charge in [-0.2, -0.15) is 0 Å². The predicted molar refractivity (Wildman–Crippen MR) is 83.8 cm³/mol. The second-order valence-corrected chi connectivity index (χ2v) is 7.79. The van der Waals surface area contributed by atoms with E-state index in [9.17, 15) is 13.2 Å². The molecule has 1 heterocycles. The molecular weight excluding hydrogens is 312 g/mol. The number of halogens is 1. The van der Waals surface area contributed by atoms with Crippen molar-refractivity contribution in [1.29, 1.82) is 0 Å². The lowest BCUT2D eigenvalue weighted by Crippen LogP contribution is -2.44. The zero-order chi connectivity index (χ0) is 15.5. The van der Waals surface area contributed by atoms with E-state index in [2.05, 4.69) is 5.32 Å². The highest BCUT2D eigenvalue weighted by Gasteiger charge is 2.31. The number of nitrogens with zero attached hydrogens (tertiary/aromatic N) is 1. The molecule has 0 unspecified atom stereocenters. The summed E-state index contributed by atoms with van der Waals surface area (Å²) in [6.45, 7) is 2.38. The molecule has 0 aliphatic carbocycles. The summed E-state index contributed by atoms with van der Waals surface area (Å²) in [7, 11) is -3.23. The Morgan fingerprint density at radius 1 is 1.38 bits per heavy atom. The summed E-state index contributed by atoms with van der Waals surface area (Å²) in [5.41, 5.74) is 0.667. The Morgan fingerprint density at radius 3 is 2.67 bits per heavy atom. The van der Waals surface area contributed by atoms with E-state index in [0.717, 1.165) is 0 Å². The molecule has 1 aliphatic heterocycles. The summed E-state index contributed by atoms with van der Waals surface area (Å²) in [6.07, 6.45) is 1.41. The van der Waals surface area contributed by atoms with Crippen LogP contribution in [0.3, 0.4) is 0 Å².